The molecular formula is C17H16ClNO5. The van der Waals surface area contributed by atoms with E-state index in [0.29, 0.717) is 10.8 Å². The Morgan fingerprint density at radius 3 is 2.58 bits per heavy atom. The SMILES string of the molecule is O=C(COC(=O)c1cccc(O)c1)NCCOc1ccc(Cl)cc1. The van der Waals surface area contributed by atoms with E-state index < -0.39 is 18.5 Å². The van der Waals surface area contributed by atoms with Crippen molar-refractivity contribution in [2.45, 2.75) is 0 Å². The van der Waals surface area contributed by atoms with Crippen LogP contribution in [-0.2, 0) is 9.53 Å². The minimum Gasteiger partial charge on any atom is -0.508 e. The van der Waals surface area contributed by atoms with Crippen LogP contribution < -0.4 is 10.1 Å². The van der Waals surface area contributed by atoms with Crippen LogP contribution in [0.1, 0.15) is 10.4 Å². The molecule has 7 heteroatoms. The third-order valence-electron chi connectivity index (χ3n) is 2.92. The fraction of sp³-hybridized carbons (Fsp3) is 0.176. The maximum Gasteiger partial charge on any atom is 0.338 e. The predicted molar refractivity (Wildman–Crippen MR) is 88.3 cm³/mol. The van der Waals surface area contributed by atoms with Crippen molar-refractivity contribution in [2.24, 2.45) is 0 Å². The number of benzene rings is 2. The lowest BCUT2D eigenvalue weighted by atomic mass is 10.2. The van der Waals surface area contributed by atoms with Crippen LogP contribution in [0.5, 0.6) is 11.5 Å². The van der Waals surface area contributed by atoms with Crippen LogP contribution in [0.15, 0.2) is 48.5 Å². The van der Waals surface area contributed by atoms with Gasteiger partial charge in [0.1, 0.15) is 18.1 Å². The smallest absolute Gasteiger partial charge is 0.338 e. The molecule has 0 unspecified atom stereocenters. The van der Waals surface area contributed by atoms with Gasteiger partial charge in [-0.2, -0.15) is 0 Å². The van der Waals surface area contributed by atoms with E-state index in [2.05, 4.69) is 5.32 Å². The summed E-state index contributed by atoms with van der Waals surface area (Å²) in [5, 5.41) is 12.5. The molecule has 0 fully saturated rings. The van der Waals surface area contributed by atoms with Crippen LogP contribution in [0.2, 0.25) is 5.02 Å². The van der Waals surface area contributed by atoms with Crippen molar-refractivity contribution >= 4 is 23.5 Å². The van der Waals surface area contributed by atoms with Gasteiger partial charge in [-0.1, -0.05) is 17.7 Å². The van der Waals surface area contributed by atoms with Gasteiger partial charge in [0.15, 0.2) is 6.61 Å². The molecule has 2 rings (SSSR count). The number of carbonyl (C=O) groups is 2. The normalized spacial score (nSPS) is 10.0. The third kappa shape index (κ3) is 5.81. The van der Waals surface area contributed by atoms with E-state index in [1.807, 2.05) is 0 Å². The van der Waals surface area contributed by atoms with Crippen molar-refractivity contribution in [1.29, 1.82) is 0 Å². The molecule has 0 radical (unpaired) electrons. The van der Waals surface area contributed by atoms with Gasteiger partial charge in [0, 0.05) is 5.02 Å². The lowest BCUT2D eigenvalue weighted by molar-refractivity contribution is -0.124. The number of nitrogens with one attached hydrogen (secondary N) is 1. The number of rotatable bonds is 7. The summed E-state index contributed by atoms with van der Waals surface area (Å²) in [6, 6.07) is 12.6. The minimum absolute atomic E-state index is 0.0479. The average Bonchev–Trinajstić information content (AvgIpc) is 2.58. The fourth-order valence-electron chi connectivity index (χ4n) is 1.79. The molecule has 0 aliphatic carbocycles. The molecule has 6 nitrogen and oxygen atoms in total. The van der Waals surface area contributed by atoms with Crippen LogP contribution in [0.4, 0.5) is 0 Å². The monoisotopic (exact) mass is 349 g/mol. The highest BCUT2D eigenvalue weighted by Crippen LogP contribution is 2.15. The number of phenols is 1. The number of carbonyl (C=O) groups excluding carboxylic acids is 2. The zero-order valence-corrected chi connectivity index (χ0v) is 13.5. The highest BCUT2D eigenvalue weighted by atomic mass is 35.5. The standard InChI is InChI=1S/C17H16ClNO5/c18-13-4-6-15(7-5-13)23-9-8-19-16(21)11-24-17(22)12-2-1-3-14(20)10-12/h1-7,10,20H,8-9,11H2,(H,19,21). The molecule has 2 aromatic carbocycles. The summed E-state index contributed by atoms with van der Waals surface area (Å²) in [4.78, 5) is 23.3. The molecule has 126 valence electrons. The van der Waals surface area contributed by atoms with Gasteiger partial charge >= 0.3 is 5.97 Å². The number of phenolic OH excluding ortho intramolecular Hbond substituents is 1. The maximum atomic E-state index is 11.7. The topological polar surface area (TPSA) is 84.9 Å². The number of esters is 1. The van der Waals surface area contributed by atoms with Crippen molar-refractivity contribution < 1.29 is 24.2 Å². The van der Waals surface area contributed by atoms with Crippen molar-refractivity contribution in [2.75, 3.05) is 19.8 Å². The van der Waals surface area contributed by atoms with Gasteiger partial charge in [-0.25, -0.2) is 4.79 Å². The first-order valence-corrected chi connectivity index (χ1v) is 7.53. The van der Waals surface area contributed by atoms with Gasteiger partial charge in [0.2, 0.25) is 0 Å². The fourth-order valence-corrected chi connectivity index (χ4v) is 1.91. The first-order chi connectivity index (χ1) is 11.5. The molecule has 24 heavy (non-hydrogen) atoms. The van der Waals surface area contributed by atoms with Crippen molar-refractivity contribution in [3.63, 3.8) is 0 Å². The van der Waals surface area contributed by atoms with Crippen molar-refractivity contribution in [3.05, 3.63) is 59.1 Å². The van der Waals surface area contributed by atoms with Crippen LogP contribution >= 0.6 is 11.6 Å². The molecule has 0 saturated carbocycles. The molecule has 0 aliphatic rings. The molecule has 0 saturated heterocycles. The highest BCUT2D eigenvalue weighted by molar-refractivity contribution is 6.30. The summed E-state index contributed by atoms with van der Waals surface area (Å²) in [7, 11) is 0. The predicted octanol–water partition coefficient (Wildman–Crippen LogP) is 2.40. The number of aromatic hydroxyl groups is 1. The highest BCUT2D eigenvalue weighted by Gasteiger charge is 2.10. The average molecular weight is 350 g/mol. The Bertz CT molecular complexity index is 702. The minimum atomic E-state index is -0.682. The molecule has 0 bridgehead atoms. The largest absolute Gasteiger partial charge is 0.508 e. The summed E-state index contributed by atoms with van der Waals surface area (Å²) >= 11 is 5.76. The molecule has 0 aromatic heterocycles. The Morgan fingerprint density at radius 2 is 1.88 bits per heavy atom. The second kappa shape index (κ2) is 8.79. The van der Waals surface area contributed by atoms with Gasteiger partial charge in [-0.05, 0) is 42.5 Å². The summed E-state index contributed by atoms with van der Waals surface area (Å²) in [6.07, 6.45) is 0. The Balaban J connectivity index is 1.64. The van der Waals surface area contributed by atoms with Gasteiger partial charge in [0.25, 0.3) is 5.91 Å². The zero-order chi connectivity index (χ0) is 17.4. The Hall–Kier alpha value is -2.73. The molecule has 2 N–H and O–H groups in total. The molecule has 0 atom stereocenters. The van der Waals surface area contributed by atoms with E-state index in [4.69, 9.17) is 21.1 Å². The summed E-state index contributed by atoms with van der Waals surface area (Å²) in [6.45, 7) is 0.133. The van der Waals surface area contributed by atoms with Crippen LogP contribution in [0.25, 0.3) is 0 Å². The van der Waals surface area contributed by atoms with E-state index in [9.17, 15) is 14.7 Å². The number of ether oxygens (including phenoxy) is 2. The van der Waals surface area contributed by atoms with Crippen LogP contribution in [0.3, 0.4) is 0 Å². The second-order valence-electron chi connectivity index (χ2n) is 4.78. The van der Waals surface area contributed by atoms with E-state index in [0.717, 1.165) is 0 Å². The lowest BCUT2D eigenvalue weighted by Gasteiger charge is -2.08. The first-order valence-electron chi connectivity index (χ1n) is 7.16. The Kier molecular flexibility index (Phi) is 6.45. The van der Waals surface area contributed by atoms with Crippen LogP contribution in [-0.4, -0.2) is 36.7 Å². The lowest BCUT2D eigenvalue weighted by Crippen LogP contribution is -2.32. The summed E-state index contributed by atoms with van der Waals surface area (Å²) in [5.74, 6) is -0.529. The third-order valence-corrected chi connectivity index (χ3v) is 3.17. The molecule has 1 amide bonds. The quantitative estimate of drug-likeness (QED) is 0.592. The first kappa shape index (κ1) is 17.6. The molecule has 0 aliphatic heterocycles. The molecular weight excluding hydrogens is 334 g/mol. The van der Waals surface area contributed by atoms with Gasteiger partial charge in [-0.15, -0.1) is 0 Å². The zero-order valence-electron chi connectivity index (χ0n) is 12.7. The summed E-state index contributed by atoms with van der Waals surface area (Å²) in [5.41, 5.74) is 0.175. The van der Waals surface area contributed by atoms with Crippen LogP contribution in [0, 0.1) is 0 Å². The molecule has 0 spiro atoms. The van der Waals surface area contributed by atoms with E-state index in [1.54, 1.807) is 24.3 Å². The Labute approximate surface area is 144 Å². The van der Waals surface area contributed by atoms with E-state index in [-0.39, 0.29) is 24.5 Å². The molecule has 0 heterocycles. The van der Waals surface area contributed by atoms with E-state index in [1.165, 1.54) is 24.3 Å². The number of halogens is 1. The van der Waals surface area contributed by atoms with E-state index >= 15 is 0 Å². The number of amides is 1. The summed E-state index contributed by atoms with van der Waals surface area (Å²) < 4.78 is 10.3. The maximum absolute atomic E-state index is 11.7. The van der Waals surface area contributed by atoms with Crippen molar-refractivity contribution in [1.82, 2.24) is 5.32 Å². The number of hydrogen-bond acceptors (Lipinski definition) is 5. The molecule has 2 aromatic rings. The van der Waals surface area contributed by atoms with Gasteiger partial charge in [0.05, 0.1) is 12.1 Å². The number of hydrogen-bond donors (Lipinski definition) is 2. The second-order valence-corrected chi connectivity index (χ2v) is 5.22. The van der Waals surface area contributed by atoms with Gasteiger partial charge < -0.3 is 19.9 Å². The van der Waals surface area contributed by atoms with Gasteiger partial charge in [-0.3, -0.25) is 4.79 Å². The van der Waals surface area contributed by atoms with Crippen molar-refractivity contribution in [3.8, 4) is 11.5 Å². The Morgan fingerprint density at radius 1 is 1.12 bits per heavy atom.